The van der Waals surface area contributed by atoms with E-state index in [2.05, 4.69) is 22.4 Å². The average molecular weight is 271 g/mol. The van der Waals surface area contributed by atoms with Crippen molar-refractivity contribution >= 4 is 22.2 Å². The number of imidazole rings is 1. The van der Waals surface area contributed by atoms with Gasteiger partial charge in [-0.1, -0.05) is 30.3 Å². The van der Waals surface area contributed by atoms with Gasteiger partial charge in [0.05, 0.1) is 0 Å². The maximum Gasteiger partial charge on any atom is 0.269 e. The number of nitrogens with one attached hydrogen (secondary N) is 1. The predicted octanol–water partition coefficient (Wildman–Crippen LogP) is 2.37. The third-order valence-corrected chi connectivity index (χ3v) is 3.77. The third-order valence-electron chi connectivity index (χ3n) is 2.92. The van der Waals surface area contributed by atoms with E-state index in [-0.39, 0.29) is 5.91 Å². The minimum Gasteiger partial charge on any atom is -0.350 e. The molecule has 0 spiro atoms. The second kappa shape index (κ2) is 5.24. The summed E-state index contributed by atoms with van der Waals surface area (Å²) in [5, 5.41) is 4.77. The summed E-state index contributed by atoms with van der Waals surface area (Å²) in [5.74, 6) is -0.0554. The molecule has 0 bridgehead atoms. The molecular weight excluding hydrogens is 258 g/mol. The van der Waals surface area contributed by atoms with E-state index in [1.165, 1.54) is 16.9 Å². The van der Waals surface area contributed by atoms with Crippen molar-refractivity contribution in [2.75, 3.05) is 6.54 Å². The van der Waals surface area contributed by atoms with Crippen LogP contribution in [0, 0.1) is 0 Å². The Morgan fingerprint density at radius 1 is 1.32 bits per heavy atom. The fourth-order valence-corrected chi connectivity index (χ4v) is 2.78. The number of amides is 1. The first-order valence-electron chi connectivity index (χ1n) is 6.07. The van der Waals surface area contributed by atoms with Crippen molar-refractivity contribution in [3.8, 4) is 0 Å². The van der Waals surface area contributed by atoms with Gasteiger partial charge in [-0.05, 0) is 12.0 Å². The first kappa shape index (κ1) is 11.9. The van der Waals surface area contributed by atoms with Gasteiger partial charge in [0, 0.05) is 24.3 Å². The van der Waals surface area contributed by atoms with Gasteiger partial charge in [0.25, 0.3) is 5.91 Å². The van der Waals surface area contributed by atoms with Crippen LogP contribution in [0.25, 0.3) is 4.96 Å². The van der Waals surface area contributed by atoms with Gasteiger partial charge in [0.1, 0.15) is 5.69 Å². The maximum atomic E-state index is 12.1. The monoisotopic (exact) mass is 271 g/mol. The number of carbonyl (C=O) groups is 1. The largest absolute Gasteiger partial charge is 0.350 e. The number of aromatic nitrogens is 2. The minimum atomic E-state index is -0.0554. The van der Waals surface area contributed by atoms with E-state index in [9.17, 15) is 4.79 Å². The molecule has 96 valence electrons. The number of hydrogen-bond donors (Lipinski definition) is 1. The normalized spacial score (nSPS) is 10.7. The highest BCUT2D eigenvalue weighted by atomic mass is 32.1. The van der Waals surface area contributed by atoms with Gasteiger partial charge in [-0.2, -0.15) is 0 Å². The summed E-state index contributed by atoms with van der Waals surface area (Å²) in [6, 6.07) is 10.1. The Morgan fingerprint density at radius 2 is 2.16 bits per heavy atom. The molecular formula is C14H13N3OS. The molecule has 0 fully saturated rings. The molecule has 2 aromatic heterocycles. The lowest BCUT2D eigenvalue weighted by Gasteiger charge is -2.04. The van der Waals surface area contributed by atoms with Crippen LogP contribution in [-0.4, -0.2) is 21.8 Å². The summed E-state index contributed by atoms with van der Waals surface area (Å²) in [6.45, 7) is 0.634. The van der Waals surface area contributed by atoms with Crippen LogP contribution < -0.4 is 5.32 Å². The molecule has 3 aromatic rings. The number of rotatable bonds is 4. The summed E-state index contributed by atoms with van der Waals surface area (Å²) in [5.41, 5.74) is 1.87. The number of benzene rings is 1. The smallest absolute Gasteiger partial charge is 0.269 e. The number of hydrogen-bond acceptors (Lipinski definition) is 3. The molecule has 0 radical (unpaired) electrons. The minimum absolute atomic E-state index is 0.0554. The van der Waals surface area contributed by atoms with E-state index in [0.29, 0.717) is 12.2 Å². The molecule has 0 aliphatic carbocycles. The van der Waals surface area contributed by atoms with Crippen molar-refractivity contribution in [2.45, 2.75) is 6.42 Å². The van der Waals surface area contributed by atoms with Crippen molar-refractivity contribution in [2.24, 2.45) is 0 Å². The van der Waals surface area contributed by atoms with Crippen LogP contribution in [0.1, 0.15) is 16.1 Å². The summed E-state index contributed by atoms with van der Waals surface area (Å²) < 4.78 is 1.81. The Hall–Kier alpha value is -2.14. The van der Waals surface area contributed by atoms with Crippen LogP contribution in [0.5, 0.6) is 0 Å². The van der Waals surface area contributed by atoms with Crippen LogP contribution in [0.3, 0.4) is 0 Å². The lowest BCUT2D eigenvalue weighted by atomic mass is 10.1. The molecule has 1 amide bonds. The summed E-state index contributed by atoms with van der Waals surface area (Å²) in [7, 11) is 0. The third kappa shape index (κ3) is 2.51. The Morgan fingerprint density at radius 3 is 3.00 bits per heavy atom. The van der Waals surface area contributed by atoms with Gasteiger partial charge in [0.15, 0.2) is 4.96 Å². The van der Waals surface area contributed by atoms with Crippen LogP contribution in [0.2, 0.25) is 0 Å². The van der Waals surface area contributed by atoms with Crippen molar-refractivity contribution in [3.05, 3.63) is 59.4 Å². The summed E-state index contributed by atoms with van der Waals surface area (Å²) in [6.07, 6.45) is 4.34. The van der Waals surface area contributed by atoms with Gasteiger partial charge in [0.2, 0.25) is 0 Å². The summed E-state index contributed by atoms with van der Waals surface area (Å²) in [4.78, 5) is 17.0. The Balaban J connectivity index is 1.62. The Kier molecular flexibility index (Phi) is 3.29. The highest BCUT2D eigenvalue weighted by Gasteiger charge is 2.11. The molecule has 5 heteroatoms. The quantitative estimate of drug-likeness (QED) is 0.792. The average Bonchev–Trinajstić information content (AvgIpc) is 3.02. The first-order valence-corrected chi connectivity index (χ1v) is 6.95. The van der Waals surface area contributed by atoms with Gasteiger partial charge in [-0.15, -0.1) is 11.3 Å². The summed E-state index contributed by atoms with van der Waals surface area (Å²) >= 11 is 1.47. The predicted molar refractivity (Wildman–Crippen MR) is 75.5 cm³/mol. The molecule has 0 aliphatic rings. The number of carbonyl (C=O) groups excluding carboxylic acids is 1. The zero-order valence-electron chi connectivity index (χ0n) is 10.2. The van der Waals surface area contributed by atoms with Crippen LogP contribution in [0.15, 0.2) is 48.1 Å². The van der Waals surface area contributed by atoms with Crippen molar-refractivity contribution in [3.63, 3.8) is 0 Å². The molecule has 19 heavy (non-hydrogen) atoms. The zero-order chi connectivity index (χ0) is 13.1. The standard InChI is InChI=1S/C14H13N3OS/c18-13(12-10-19-14-16-8-9-17(12)14)15-7-6-11-4-2-1-3-5-11/h1-5,8-10H,6-7H2,(H,15,18). The fourth-order valence-electron chi connectivity index (χ4n) is 1.94. The number of fused-ring (bicyclic) bond motifs is 1. The van der Waals surface area contributed by atoms with Crippen LogP contribution >= 0.6 is 11.3 Å². The van der Waals surface area contributed by atoms with Gasteiger partial charge in [-0.3, -0.25) is 9.20 Å². The molecule has 0 aliphatic heterocycles. The van der Waals surface area contributed by atoms with Gasteiger partial charge in [-0.25, -0.2) is 4.98 Å². The SMILES string of the molecule is O=C(NCCc1ccccc1)c1csc2nccn12. The Bertz CT molecular complexity index is 687. The van der Waals surface area contributed by atoms with E-state index >= 15 is 0 Å². The van der Waals surface area contributed by atoms with Crippen LogP contribution in [0.4, 0.5) is 0 Å². The van der Waals surface area contributed by atoms with Crippen molar-refractivity contribution in [1.29, 1.82) is 0 Å². The van der Waals surface area contributed by atoms with E-state index in [1.54, 1.807) is 12.4 Å². The topological polar surface area (TPSA) is 46.4 Å². The van der Waals surface area contributed by atoms with E-state index < -0.39 is 0 Å². The van der Waals surface area contributed by atoms with Gasteiger partial charge < -0.3 is 5.32 Å². The fraction of sp³-hybridized carbons (Fsp3) is 0.143. The molecule has 3 rings (SSSR count). The second-order valence-corrected chi connectivity index (χ2v) is 5.03. The Labute approximate surface area is 114 Å². The van der Waals surface area contributed by atoms with Crippen molar-refractivity contribution < 1.29 is 4.79 Å². The van der Waals surface area contributed by atoms with E-state index in [1.807, 2.05) is 28.0 Å². The molecule has 0 atom stereocenters. The number of nitrogens with zero attached hydrogens (tertiary/aromatic N) is 2. The molecule has 1 N–H and O–H groups in total. The van der Waals surface area contributed by atoms with E-state index in [4.69, 9.17) is 0 Å². The lowest BCUT2D eigenvalue weighted by molar-refractivity contribution is 0.0948. The molecule has 0 saturated carbocycles. The highest BCUT2D eigenvalue weighted by Crippen LogP contribution is 2.14. The zero-order valence-corrected chi connectivity index (χ0v) is 11.1. The maximum absolute atomic E-state index is 12.1. The van der Waals surface area contributed by atoms with Crippen LogP contribution in [-0.2, 0) is 6.42 Å². The molecule has 1 aromatic carbocycles. The molecule has 0 saturated heterocycles. The lowest BCUT2D eigenvalue weighted by Crippen LogP contribution is -2.26. The van der Waals surface area contributed by atoms with Gasteiger partial charge >= 0.3 is 0 Å². The molecule has 0 unspecified atom stereocenters. The van der Waals surface area contributed by atoms with E-state index in [0.717, 1.165) is 11.4 Å². The molecule has 4 nitrogen and oxygen atoms in total. The first-order chi connectivity index (χ1) is 9.34. The highest BCUT2D eigenvalue weighted by molar-refractivity contribution is 7.15. The molecule has 2 heterocycles. The second-order valence-electron chi connectivity index (χ2n) is 4.19. The van der Waals surface area contributed by atoms with Crippen molar-refractivity contribution in [1.82, 2.24) is 14.7 Å². The number of thiazole rings is 1.